The number of piperidine rings is 1. The molecule has 3 heteroatoms. The van der Waals surface area contributed by atoms with Crippen LogP contribution >= 0.6 is 11.6 Å². The molecular weight excluding hydrogens is 232 g/mol. The Morgan fingerprint density at radius 1 is 1.29 bits per heavy atom. The maximum atomic E-state index is 6.24. The second-order valence-corrected chi connectivity index (χ2v) is 5.78. The maximum absolute atomic E-state index is 6.24. The molecule has 2 aliphatic heterocycles. The van der Waals surface area contributed by atoms with Gasteiger partial charge in [0.25, 0.3) is 0 Å². The molecule has 92 valence electrons. The van der Waals surface area contributed by atoms with Crippen molar-refractivity contribution in [3.05, 3.63) is 28.8 Å². The smallest absolute Gasteiger partial charge is 0.0637 e. The number of fused-ring (bicyclic) bond motifs is 2. The normalized spacial score (nSPS) is 31.5. The molecule has 1 N–H and O–H groups in total. The molecule has 0 radical (unpaired) electrons. The highest BCUT2D eigenvalue weighted by atomic mass is 35.5. The van der Waals surface area contributed by atoms with Gasteiger partial charge in [0.05, 0.1) is 10.7 Å². The topological polar surface area (TPSA) is 15.3 Å². The molecule has 0 aromatic heterocycles. The van der Waals surface area contributed by atoms with Crippen LogP contribution in [0.4, 0.5) is 5.69 Å². The molecule has 1 aromatic rings. The van der Waals surface area contributed by atoms with E-state index in [1.165, 1.54) is 38.0 Å². The van der Waals surface area contributed by atoms with Crippen LogP contribution in [-0.4, -0.2) is 30.6 Å². The van der Waals surface area contributed by atoms with E-state index in [0.29, 0.717) is 6.04 Å². The number of aryl methyl sites for hydroxylation is 1. The van der Waals surface area contributed by atoms with Crippen LogP contribution in [0.25, 0.3) is 0 Å². The summed E-state index contributed by atoms with van der Waals surface area (Å²) in [5, 5.41) is 4.50. The second kappa shape index (κ2) is 4.51. The van der Waals surface area contributed by atoms with Crippen molar-refractivity contribution < 1.29 is 0 Å². The van der Waals surface area contributed by atoms with Gasteiger partial charge in [-0.1, -0.05) is 17.7 Å². The highest BCUT2D eigenvalue weighted by molar-refractivity contribution is 6.33. The van der Waals surface area contributed by atoms with Crippen molar-refractivity contribution in [2.45, 2.75) is 25.8 Å². The van der Waals surface area contributed by atoms with Gasteiger partial charge < -0.3 is 10.2 Å². The van der Waals surface area contributed by atoms with Crippen molar-refractivity contribution in [3.63, 3.8) is 0 Å². The Bertz CT molecular complexity index is 419. The molecule has 2 aliphatic rings. The van der Waals surface area contributed by atoms with Gasteiger partial charge in [-0.3, -0.25) is 0 Å². The predicted octanol–water partition coefficient (Wildman–Crippen LogP) is 3.15. The van der Waals surface area contributed by atoms with Crippen LogP contribution in [0.1, 0.15) is 18.4 Å². The molecule has 0 amide bonds. The molecule has 0 aliphatic carbocycles. The van der Waals surface area contributed by atoms with Gasteiger partial charge in [0, 0.05) is 19.1 Å². The Morgan fingerprint density at radius 3 is 3.00 bits per heavy atom. The van der Waals surface area contributed by atoms with Gasteiger partial charge in [-0.2, -0.15) is 0 Å². The summed E-state index contributed by atoms with van der Waals surface area (Å²) in [6, 6.07) is 6.81. The van der Waals surface area contributed by atoms with Gasteiger partial charge >= 0.3 is 0 Å². The van der Waals surface area contributed by atoms with Crippen molar-refractivity contribution in [2.75, 3.05) is 25.0 Å². The summed E-state index contributed by atoms with van der Waals surface area (Å²) in [7, 11) is 0. The fourth-order valence-electron chi connectivity index (χ4n) is 3.09. The molecule has 3 atom stereocenters. The number of rotatable bonds is 2. The van der Waals surface area contributed by atoms with E-state index >= 15 is 0 Å². The zero-order chi connectivity index (χ0) is 11.8. The summed E-state index contributed by atoms with van der Waals surface area (Å²) in [6.07, 6.45) is 2.58. The zero-order valence-corrected chi connectivity index (χ0v) is 11.0. The first-order valence-electron chi connectivity index (χ1n) is 6.47. The van der Waals surface area contributed by atoms with E-state index < -0.39 is 0 Å². The monoisotopic (exact) mass is 250 g/mol. The zero-order valence-electron chi connectivity index (χ0n) is 10.2. The molecule has 0 spiro atoms. The van der Waals surface area contributed by atoms with Gasteiger partial charge in [-0.25, -0.2) is 0 Å². The summed E-state index contributed by atoms with van der Waals surface area (Å²) >= 11 is 6.24. The lowest BCUT2D eigenvalue weighted by molar-refractivity contribution is 0.255. The van der Waals surface area contributed by atoms with E-state index in [1.54, 1.807) is 0 Å². The maximum Gasteiger partial charge on any atom is 0.0637 e. The molecule has 3 rings (SSSR count). The van der Waals surface area contributed by atoms with Crippen LogP contribution in [0.2, 0.25) is 5.02 Å². The molecular formula is C14H19ClN2. The minimum atomic E-state index is 0.605. The Labute approximate surface area is 108 Å². The molecule has 17 heavy (non-hydrogen) atoms. The molecule has 2 heterocycles. The number of anilines is 1. The first-order valence-corrected chi connectivity index (χ1v) is 6.85. The Morgan fingerprint density at radius 2 is 2.12 bits per heavy atom. The van der Waals surface area contributed by atoms with Crippen LogP contribution in [0.3, 0.4) is 0 Å². The molecule has 2 nitrogen and oxygen atoms in total. The Hall–Kier alpha value is -0.730. The van der Waals surface area contributed by atoms with Gasteiger partial charge in [0.1, 0.15) is 0 Å². The number of halogens is 1. The number of benzene rings is 1. The fourth-order valence-corrected chi connectivity index (χ4v) is 3.26. The van der Waals surface area contributed by atoms with Gasteiger partial charge in [0.15, 0.2) is 0 Å². The van der Waals surface area contributed by atoms with Gasteiger partial charge in [-0.15, -0.1) is 0 Å². The lowest BCUT2D eigenvalue weighted by Crippen LogP contribution is -2.39. The van der Waals surface area contributed by atoms with Crippen molar-refractivity contribution >= 4 is 17.3 Å². The van der Waals surface area contributed by atoms with E-state index in [1.807, 2.05) is 6.07 Å². The van der Waals surface area contributed by atoms with E-state index in [9.17, 15) is 0 Å². The first-order chi connectivity index (χ1) is 8.22. The fraction of sp³-hybridized carbons (Fsp3) is 0.571. The van der Waals surface area contributed by atoms with E-state index in [0.717, 1.165) is 16.6 Å². The minimum Gasteiger partial charge on any atom is -0.381 e. The summed E-state index contributed by atoms with van der Waals surface area (Å²) in [5.74, 6) is 0.806. The number of nitrogens with zero attached hydrogens (tertiary/aromatic N) is 1. The molecule has 0 saturated carbocycles. The highest BCUT2D eigenvalue weighted by Gasteiger charge is 2.34. The first kappa shape index (κ1) is 11.4. The predicted molar refractivity (Wildman–Crippen MR) is 72.8 cm³/mol. The van der Waals surface area contributed by atoms with Crippen LogP contribution < -0.4 is 5.32 Å². The largest absolute Gasteiger partial charge is 0.381 e. The third kappa shape index (κ3) is 2.29. The quantitative estimate of drug-likeness (QED) is 0.868. The molecule has 2 saturated heterocycles. The van der Waals surface area contributed by atoms with Crippen LogP contribution in [0.5, 0.6) is 0 Å². The summed E-state index contributed by atoms with van der Waals surface area (Å²) in [4.78, 5) is 2.57. The average Bonchev–Trinajstić information content (AvgIpc) is 2.70. The minimum absolute atomic E-state index is 0.605. The lowest BCUT2D eigenvalue weighted by Gasteiger charge is -2.32. The number of hydrogen-bond acceptors (Lipinski definition) is 2. The van der Waals surface area contributed by atoms with Crippen molar-refractivity contribution in [3.8, 4) is 0 Å². The second-order valence-electron chi connectivity index (χ2n) is 5.37. The molecule has 3 unspecified atom stereocenters. The SMILES string of the molecule is Cc1ccc(Cl)c(NC2CCN3CCC2C3)c1. The highest BCUT2D eigenvalue weighted by Crippen LogP contribution is 2.31. The van der Waals surface area contributed by atoms with Gasteiger partial charge in [-0.05, 0) is 49.9 Å². The van der Waals surface area contributed by atoms with Crippen LogP contribution in [-0.2, 0) is 0 Å². The lowest BCUT2D eigenvalue weighted by atomic mass is 9.94. The van der Waals surface area contributed by atoms with Crippen LogP contribution in [0.15, 0.2) is 18.2 Å². The Balaban J connectivity index is 1.75. The third-order valence-electron chi connectivity index (χ3n) is 4.10. The van der Waals surface area contributed by atoms with Crippen LogP contribution in [0, 0.1) is 12.8 Å². The van der Waals surface area contributed by atoms with E-state index in [4.69, 9.17) is 11.6 Å². The number of hydrogen-bond donors (Lipinski definition) is 1. The Kier molecular flexibility index (Phi) is 3.01. The van der Waals surface area contributed by atoms with Crippen molar-refractivity contribution in [1.82, 2.24) is 4.90 Å². The summed E-state index contributed by atoms with van der Waals surface area (Å²) < 4.78 is 0. The number of nitrogens with one attached hydrogen (secondary N) is 1. The summed E-state index contributed by atoms with van der Waals surface area (Å²) in [6.45, 7) is 5.89. The van der Waals surface area contributed by atoms with Crippen molar-refractivity contribution in [1.29, 1.82) is 0 Å². The van der Waals surface area contributed by atoms with Crippen molar-refractivity contribution in [2.24, 2.45) is 5.92 Å². The van der Waals surface area contributed by atoms with E-state index in [-0.39, 0.29) is 0 Å². The standard InChI is InChI=1S/C14H19ClN2/c1-10-2-3-12(15)14(8-10)16-13-5-7-17-6-4-11(13)9-17/h2-3,8,11,13,16H,4-7,9H2,1H3. The van der Waals surface area contributed by atoms with Gasteiger partial charge in [0.2, 0.25) is 0 Å². The average molecular weight is 251 g/mol. The molecule has 2 fully saturated rings. The van der Waals surface area contributed by atoms with E-state index in [2.05, 4.69) is 29.3 Å². The summed E-state index contributed by atoms with van der Waals surface area (Å²) in [5.41, 5.74) is 2.37. The third-order valence-corrected chi connectivity index (χ3v) is 4.43. The molecule has 2 bridgehead atoms. The molecule has 1 aromatic carbocycles.